The highest BCUT2D eigenvalue weighted by Crippen LogP contribution is 2.19. The average molecular weight is 308 g/mol. The van der Waals surface area contributed by atoms with Crippen molar-refractivity contribution in [2.75, 3.05) is 20.3 Å². The number of aliphatic hydroxyl groups is 2. The number of carbonyl (C=O) groups excluding carboxylic acids is 1. The normalized spacial score (nSPS) is 10.7. The summed E-state index contributed by atoms with van der Waals surface area (Å²) in [6.07, 6.45) is -0.950. The van der Waals surface area contributed by atoms with Gasteiger partial charge in [-0.2, -0.15) is 0 Å². The molecule has 2 aromatic carbocycles. The van der Waals surface area contributed by atoms with Gasteiger partial charge in [-0.15, -0.1) is 0 Å². The second kappa shape index (κ2) is 10.6. The lowest BCUT2D eigenvalue weighted by molar-refractivity contribution is -0.144. The minimum absolute atomic E-state index is 0. The van der Waals surface area contributed by atoms with Crippen molar-refractivity contribution in [3.63, 3.8) is 0 Å². The maximum atomic E-state index is 10.0. The number of rotatable bonds is 4. The number of aliphatic hydroxyl groups excluding tert-OH is 2. The van der Waals surface area contributed by atoms with E-state index in [2.05, 4.69) is 22.9 Å². The van der Waals surface area contributed by atoms with E-state index in [0.717, 1.165) is 5.75 Å². The largest absolute Gasteiger partial charge is 0.497 e. The fraction of sp³-hybridized carbons (Fsp3) is 0.353. The third kappa shape index (κ3) is 7.06. The summed E-state index contributed by atoms with van der Waals surface area (Å²) in [6.45, 7) is 0.725. The van der Waals surface area contributed by atoms with Crippen LogP contribution >= 0.6 is 0 Å². The Hall–Kier alpha value is -2.11. The minimum atomic E-state index is -0.950. The summed E-state index contributed by atoms with van der Waals surface area (Å²) in [4.78, 5) is 10.0. The topological polar surface area (TPSA) is 76.0 Å². The molecule has 0 aliphatic rings. The van der Waals surface area contributed by atoms with Crippen LogP contribution in [0.2, 0.25) is 0 Å². The quantitative estimate of drug-likeness (QED) is 0.848. The Bertz CT molecular complexity index is 568. The van der Waals surface area contributed by atoms with Gasteiger partial charge in [0.15, 0.2) is 0 Å². The van der Waals surface area contributed by atoms with Crippen molar-refractivity contribution >= 4 is 16.7 Å². The van der Waals surface area contributed by atoms with E-state index in [0.29, 0.717) is 0 Å². The Morgan fingerprint density at radius 3 is 2.36 bits per heavy atom. The predicted octanol–water partition coefficient (Wildman–Crippen LogP) is 2.39. The van der Waals surface area contributed by atoms with Crippen molar-refractivity contribution in [2.45, 2.75) is 20.5 Å². The summed E-state index contributed by atoms with van der Waals surface area (Å²) in [5.41, 5.74) is 0. The van der Waals surface area contributed by atoms with Crippen molar-refractivity contribution < 1.29 is 24.5 Å². The molecule has 0 fully saturated rings. The molecule has 0 spiro atoms. The second-order valence-electron chi connectivity index (χ2n) is 4.35. The highest BCUT2D eigenvalue weighted by atomic mass is 16.5. The van der Waals surface area contributed by atoms with E-state index in [9.17, 15) is 4.79 Å². The van der Waals surface area contributed by atoms with Crippen LogP contribution < -0.4 is 4.74 Å². The molecule has 0 saturated heterocycles. The van der Waals surface area contributed by atoms with Gasteiger partial charge in [0.25, 0.3) is 0 Å². The Balaban J connectivity index is 0.000000402. The van der Waals surface area contributed by atoms with E-state index in [1.54, 1.807) is 7.11 Å². The lowest BCUT2D eigenvalue weighted by Gasteiger charge is -2.05. The van der Waals surface area contributed by atoms with Crippen LogP contribution in [0.25, 0.3) is 10.8 Å². The SMILES string of the molecule is C.CC(=O)OCC(O)CO.COc1ccc2ccccc2c1. The number of ether oxygens (including phenoxy) is 2. The van der Waals surface area contributed by atoms with E-state index in [4.69, 9.17) is 14.9 Å². The molecule has 2 N–H and O–H groups in total. The molecule has 5 nitrogen and oxygen atoms in total. The number of esters is 1. The van der Waals surface area contributed by atoms with Crippen LogP contribution in [0.5, 0.6) is 5.75 Å². The molecule has 0 amide bonds. The zero-order valence-corrected chi connectivity index (χ0v) is 12.2. The molecule has 0 radical (unpaired) electrons. The summed E-state index contributed by atoms with van der Waals surface area (Å²) in [5.74, 6) is 0.455. The van der Waals surface area contributed by atoms with E-state index < -0.39 is 12.1 Å². The van der Waals surface area contributed by atoms with E-state index in [1.807, 2.05) is 24.3 Å². The fourth-order valence-electron chi connectivity index (χ4n) is 1.56. The summed E-state index contributed by atoms with van der Waals surface area (Å²) in [6, 6.07) is 14.3. The Labute approximate surface area is 131 Å². The number of benzene rings is 2. The van der Waals surface area contributed by atoms with E-state index in [-0.39, 0.29) is 20.6 Å². The maximum absolute atomic E-state index is 10.0. The third-order valence-corrected chi connectivity index (χ3v) is 2.65. The molecule has 1 unspecified atom stereocenters. The molecule has 2 aromatic rings. The molecule has 0 aliphatic heterocycles. The third-order valence-electron chi connectivity index (χ3n) is 2.65. The Morgan fingerprint density at radius 1 is 1.18 bits per heavy atom. The van der Waals surface area contributed by atoms with Crippen molar-refractivity contribution in [2.24, 2.45) is 0 Å². The first-order valence-corrected chi connectivity index (χ1v) is 6.52. The Kier molecular flexibility index (Phi) is 9.58. The monoisotopic (exact) mass is 308 g/mol. The average Bonchev–Trinajstić information content (AvgIpc) is 2.52. The molecule has 1 atom stereocenters. The van der Waals surface area contributed by atoms with Gasteiger partial charge in [-0.05, 0) is 22.9 Å². The summed E-state index contributed by atoms with van der Waals surface area (Å²) < 4.78 is 9.47. The Morgan fingerprint density at radius 2 is 1.82 bits per heavy atom. The van der Waals surface area contributed by atoms with Gasteiger partial charge in [-0.1, -0.05) is 37.8 Å². The zero-order valence-electron chi connectivity index (χ0n) is 12.2. The molecule has 0 aromatic heterocycles. The van der Waals surface area contributed by atoms with Gasteiger partial charge in [-0.25, -0.2) is 0 Å². The van der Waals surface area contributed by atoms with Crippen molar-refractivity contribution in [1.29, 1.82) is 0 Å². The number of fused-ring (bicyclic) bond motifs is 1. The molecule has 0 heterocycles. The van der Waals surface area contributed by atoms with Crippen molar-refractivity contribution in [3.05, 3.63) is 42.5 Å². The summed E-state index contributed by atoms with van der Waals surface area (Å²) in [7, 11) is 1.68. The first-order chi connectivity index (χ1) is 10.1. The summed E-state index contributed by atoms with van der Waals surface area (Å²) in [5, 5.41) is 19.3. The fourth-order valence-corrected chi connectivity index (χ4v) is 1.56. The minimum Gasteiger partial charge on any atom is -0.497 e. The van der Waals surface area contributed by atoms with Crippen LogP contribution in [0.3, 0.4) is 0 Å². The highest BCUT2D eigenvalue weighted by molar-refractivity contribution is 5.83. The van der Waals surface area contributed by atoms with Crippen LogP contribution in [0.15, 0.2) is 42.5 Å². The molecule has 0 aliphatic carbocycles. The number of methoxy groups -OCH3 is 1. The molecule has 5 heteroatoms. The van der Waals surface area contributed by atoms with Crippen molar-refractivity contribution in [1.82, 2.24) is 0 Å². The van der Waals surface area contributed by atoms with Gasteiger partial charge in [0.1, 0.15) is 18.5 Å². The van der Waals surface area contributed by atoms with Gasteiger partial charge in [0.2, 0.25) is 0 Å². The van der Waals surface area contributed by atoms with Crippen LogP contribution in [0.4, 0.5) is 0 Å². The van der Waals surface area contributed by atoms with Crippen LogP contribution in [0, 0.1) is 0 Å². The van der Waals surface area contributed by atoms with Gasteiger partial charge < -0.3 is 19.7 Å². The molecular formula is C17H24O5. The predicted molar refractivity (Wildman–Crippen MR) is 87.0 cm³/mol. The molecule has 2 rings (SSSR count). The highest BCUT2D eigenvalue weighted by Gasteiger charge is 2.02. The lowest BCUT2D eigenvalue weighted by atomic mass is 10.1. The maximum Gasteiger partial charge on any atom is 0.302 e. The summed E-state index contributed by atoms with van der Waals surface area (Å²) >= 11 is 0. The zero-order chi connectivity index (χ0) is 15.7. The first kappa shape index (κ1) is 19.9. The van der Waals surface area contributed by atoms with E-state index >= 15 is 0 Å². The second-order valence-corrected chi connectivity index (χ2v) is 4.35. The molecular weight excluding hydrogens is 284 g/mol. The molecule has 0 bridgehead atoms. The van der Waals surface area contributed by atoms with Gasteiger partial charge in [-0.3, -0.25) is 4.79 Å². The first-order valence-electron chi connectivity index (χ1n) is 6.52. The van der Waals surface area contributed by atoms with Crippen molar-refractivity contribution in [3.8, 4) is 5.75 Å². The van der Waals surface area contributed by atoms with Gasteiger partial charge in [0.05, 0.1) is 13.7 Å². The van der Waals surface area contributed by atoms with Gasteiger partial charge in [0, 0.05) is 6.92 Å². The van der Waals surface area contributed by atoms with Crippen LogP contribution in [-0.2, 0) is 9.53 Å². The number of hydrogen-bond acceptors (Lipinski definition) is 5. The number of hydrogen-bond donors (Lipinski definition) is 2. The molecule has 22 heavy (non-hydrogen) atoms. The van der Waals surface area contributed by atoms with Gasteiger partial charge >= 0.3 is 5.97 Å². The standard InChI is InChI=1S/C11H10O.C5H10O4.CH4/c1-12-11-7-6-9-4-2-3-5-10(9)8-11;1-4(7)9-3-5(8)2-6;/h2-8H,1H3;5-6,8H,2-3H2,1H3;1H4. The van der Waals surface area contributed by atoms with Crippen LogP contribution in [-0.4, -0.2) is 42.6 Å². The molecule has 0 saturated carbocycles. The van der Waals surface area contributed by atoms with Crippen LogP contribution in [0.1, 0.15) is 14.4 Å². The van der Waals surface area contributed by atoms with E-state index in [1.165, 1.54) is 17.7 Å². The smallest absolute Gasteiger partial charge is 0.302 e. The molecule has 122 valence electrons. The number of carbonyl (C=O) groups is 1. The lowest BCUT2D eigenvalue weighted by Crippen LogP contribution is -2.20.